The number of carbonyl (C=O) groups is 2. The average molecular weight is 407 g/mol. The fourth-order valence-electron chi connectivity index (χ4n) is 2.13. The van der Waals surface area contributed by atoms with Gasteiger partial charge in [-0.25, -0.2) is 0 Å². The van der Waals surface area contributed by atoms with E-state index in [1.807, 2.05) is 32.0 Å². The molecule has 0 amide bonds. The van der Waals surface area contributed by atoms with Crippen LogP contribution in [0.1, 0.15) is 28.4 Å². The Balaban J connectivity index is 1.90. The van der Waals surface area contributed by atoms with Gasteiger partial charge >= 0.3 is 5.97 Å². The molecule has 1 unspecified atom stereocenters. The van der Waals surface area contributed by atoms with Crippen LogP contribution >= 0.6 is 27.7 Å². The number of esters is 1. The van der Waals surface area contributed by atoms with Crippen molar-refractivity contribution in [3.63, 3.8) is 0 Å². The molecule has 5 heteroatoms. The summed E-state index contributed by atoms with van der Waals surface area (Å²) in [7, 11) is 0. The third-order valence-electron chi connectivity index (χ3n) is 3.50. The maximum atomic E-state index is 12.3. The quantitative estimate of drug-likeness (QED) is 0.385. The number of aryl methyl sites for hydroxylation is 2. The summed E-state index contributed by atoms with van der Waals surface area (Å²) >= 11 is 4.75. The Labute approximate surface area is 154 Å². The van der Waals surface area contributed by atoms with Crippen LogP contribution in [0.3, 0.4) is 0 Å². The number of ether oxygens (including phenoxy) is 1. The highest BCUT2D eigenvalue weighted by Crippen LogP contribution is 2.24. The normalized spacial score (nSPS) is 11.8. The fraction of sp³-hybridized carbons (Fsp3) is 0.263. The van der Waals surface area contributed by atoms with Crippen molar-refractivity contribution in [2.24, 2.45) is 0 Å². The molecule has 0 N–H and O–H groups in total. The zero-order valence-corrected chi connectivity index (χ0v) is 16.2. The van der Waals surface area contributed by atoms with Crippen molar-refractivity contribution in [2.75, 3.05) is 5.75 Å². The summed E-state index contributed by atoms with van der Waals surface area (Å²) in [6, 6.07) is 13.1. The number of rotatable bonds is 6. The Morgan fingerprint density at radius 3 is 2.46 bits per heavy atom. The Morgan fingerprint density at radius 2 is 1.79 bits per heavy atom. The molecule has 0 aliphatic heterocycles. The van der Waals surface area contributed by atoms with Gasteiger partial charge in [-0.1, -0.05) is 45.8 Å². The maximum absolute atomic E-state index is 12.3. The van der Waals surface area contributed by atoms with Gasteiger partial charge in [-0.05, 0) is 44.5 Å². The van der Waals surface area contributed by atoms with Gasteiger partial charge in [0.2, 0.25) is 5.78 Å². The van der Waals surface area contributed by atoms with Crippen LogP contribution in [0.25, 0.3) is 0 Å². The van der Waals surface area contributed by atoms with Crippen LogP contribution in [-0.2, 0) is 9.53 Å². The predicted octanol–water partition coefficient (Wildman–Crippen LogP) is 4.97. The number of Topliss-reactive ketones (excluding diaryl/α,β-unsaturated/α-hetero) is 1. The molecule has 0 radical (unpaired) electrons. The molecule has 2 aromatic rings. The van der Waals surface area contributed by atoms with Gasteiger partial charge in [-0.15, -0.1) is 11.8 Å². The summed E-state index contributed by atoms with van der Waals surface area (Å²) in [5.41, 5.74) is 2.80. The topological polar surface area (TPSA) is 43.4 Å². The highest BCUT2D eigenvalue weighted by atomic mass is 79.9. The lowest BCUT2D eigenvalue weighted by molar-refractivity contribution is -0.143. The second kappa shape index (κ2) is 8.49. The molecular weight excluding hydrogens is 388 g/mol. The van der Waals surface area contributed by atoms with Crippen molar-refractivity contribution in [2.45, 2.75) is 31.8 Å². The van der Waals surface area contributed by atoms with Crippen LogP contribution in [0.5, 0.6) is 0 Å². The SMILES string of the molecule is Cc1ccc(C)c(SCC(=O)OC(C)C(=O)c2ccc(Br)cc2)c1. The zero-order chi connectivity index (χ0) is 17.7. The van der Waals surface area contributed by atoms with Gasteiger partial charge < -0.3 is 4.74 Å². The average Bonchev–Trinajstić information content (AvgIpc) is 2.55. The van der Waals surface area contributed by atoms with Crippen LogP contribution < -0.4 is 0 Å². The van der Waals surface area contributed by atoms with E-state index in [-0.39, 0.29) is 17.5 Å². The lowest BCUT2D eigenvalue weighted by atomic mass is 10.1. The predicted molar refractivity (Wildman–Crippen MR) is 101 cm³/mol. The Hall–Kier alpha value is -1.59. The van der Waals surface area contributed by atoms with E-state index in [1.54, 1.807) is 31.2 Å². The summed E-state index contributed by atoms with van der Waals surface area (Å²) in [5, 5.41) is 0. The van der Waals surface area contributed by atoms with E-state index in [0.29, 0.717) is 5.56 Å². The van der Waals surface area contributed by atoms with Crippen molar-refractivity contribution >= 4 is 39.4 Å². The van der Waals surface area contributed by atoms with Gasteiger partial charge in [0.05, 0.1) is 5.75 Å². The molecule has 1 atom stereocenters. The van der Waals surface area contributed by atoms with Crippen molar-refractivity contribution in [1.82, 2.24) is 0 Å². The van der Waals surface area contributed by atoms with Crippen LogP contribution in [-0.4, -0.2) is 23.6 Å². The second-order valence-electron chi connectivity index (χ2n) is 5.56. The standard InChI is InChI=1S/C19H19BrO3S/c1-12-4-5-13(2)17(10-12)24-11-18(21)23-14(3)19(22)15-6-8-16(20)9-7-15/h4-10,14H,11H2,1-3H3. The number of thioether (sulfide) groups is 1. The van der Waals surface area contributed by atoms with Gasteiger partial charge in [0.25, 0.3) is 0 Å². The van der Waals surface area contributed by atoms with E-state index in [9.17, 15) is 9.59 Å². The van der Waals surface area contributed by atoms with Crippen molar-refractivity contribution in [3.8, 4) is 0 Å². The lowest BCUT2D eigenvalue weighted by Gasteiger charge is -2.13. The molecule has 126 valence electrons. The molecular formula is C19H19BrO3S. The second-order valence-corrected chi connectivity index (χ2v) is 7.49. The highest BCUT2D eigenvalue weighted by Gasteiger charge is 2.19. The minimum absolute atomic E-state index is 0.183. The molecule has 0 aliphatic carbocycles. The molecule has 0 aromatic heterocycles. The van der Waals surface area contributed by atoms with E-state index < -0.39 is 6.10 Å². The van der Waals surface area contributed by atoms with Crippen molar-refractivity contribution in [3.05, 3.63) is 63.6 Å². The van der Waals surface area contributed by atoms with Gasteiger partial charge in [0, 0.05) is 14.9 Å². The number of halogens is 1. The number of hydrogen-bond acceptors (Lipinski definition) is 4. The van der Waals surface area contributed by atoms with Crippen molar-refractivity contribution in [1.29, 1.82) is 0 Å². The van der Waals surface area contributed by atoms with E-state index in [2.05, 4.69) is 15.9 Å². The van der Waals surface area contributed by atoms with Gasteiger partial charge in [-0.2, -0.15) is 0 Å². The Morgan fingerprint density at radius 1 is 1.12 bits per heavy atom. The zero-order valence-electron chi connectivity index (χ0n) is 13.8. The molecule has 24 heavy (non-hydrogen) atoms. The number of benzene rings is 2. The lowest BCUT2D eigenvalue weighted by Crippen LogP contribution is -2.25. The van der Waals surface area contributed by atoms with E-state index in [4.69, 9.17) is 4.74 Å². The first-order valence-corrected chi connectivity index (χ1v) is 9.34. The minimum atomic E-state index is -0.794. The number of hydrogen-bond donors (Lipinski definition) is 0. The molecule has 3 nitrogen and oxygen atoms in total. The molecule has 2 aromatic carbocycles. The molecule has 2 rings (SSSR count). The van der Waals surface area contributed by atoms with E-state index >= 15 is 0 Å². The van der Waals surface area contributed by atoms with Crippen molar-refractivity contribution < 1.29 is 14.3 Å². The van der Waals surface area contributed by atoms with Gasteiger partial charge in [-0.3, -0.25) is 9.59 Å². The third kappa shape index (κ3) is 5.21. The largest absolute Gasteiger partial charge is 0.454 e. The number of ketones is 1. The van der Waals surface area contributed by atoms with Crippen LogP contribution in [0, 0.1) is 13.8 Å². The molecule has 0 saturated heterocycles. The van der Waals surface area contributed by atoms with Crippen LogP contribution in [0.2, 0.25) is 0 Å². The minimum Gasteiger partial charge on any atom is -0.454 e. The van der Waals surface area contributed by atoms with Gasteiger partial charge in [0.1, 0.15) is 0 Å². The molecule has 0 aliphatic rings. The molecule has 0 saturated carbocycles. The third-order valence-corrected chi connectivity index (χ3v) is 5.15. The van der Waals surface area contributed by atoms with Gasteiger partial charge in [0.15, 0.2) is 6.10 Å². The Kier molecular flexibility index (Phi) is 6.63. The van der Waals surface area contributed by atoms with E-state index in [1.165, 1.54) is 11.8 Å². The summed E-state index contributed by atoms with van der Waals surface area (Å²) in [4.78, 5) is 25.3. The molecule has 0 spiro atoms. The molecule has 0 heterocycles. The monoisotopic (exact) mass is 406 g/mol. The number of carbonyl (C=O) groups excluding carboxylic acids is 2. The summed E-state index contributed by atoms with van der Waals surface area (Å²) in [6.45, 7) is 5.62. The van der Waals surface area contributed by atoms with E-state index in [0.717, 1.165) is 20.5 Å². The first-order chi connectivity index (χ1) is 11.4. The smallest absolute Gasteiger partial charge is 0.316 e. The highest BCUT2D eigenvalue weighted by molar-refractivity contribution is 9.10. The first kappa shape index (κ1) is 18.7. The fourth-order valence-corrected chi connectivity index (χ4v) is 3.30. The summed E-state index contributed by atoms with van der Waals surface area (Å²) < 4.78 is 6.16. The maximum Gasteiger partial charge on any atom is 0.316 e. The summed E-state index contributed by atoms with van der Waals surface area (Å²) in [5.74, 6) is -0.408. The summed E-state index contributed by atoms with van der Waals surface area (Å²) in [6.07, 6.45) is -0.794. The molecule has 0 fully saturated rings. The van der Waals surface area contributed by atoms with Crippen LogP contribution in [0.4, 0.5) is 0 Å². The first-order valence-electron chi connectivity index (χ1n) is 7.56. The van der Waals surface area contributed by atoms with Crippen LogP contribution in [0.15, 0.2) is 51.8 Å². The molecule has 0 bridgehead atoms. The Bertz CT molecular complexity index is 741.